The molecule has 0 aliphatic carbocycles. The van der Waals surface area contributed by atoms with Gasteiger partial charge in [0.05, 0.1) is 6.07 Å². The summed E-state index contributed by atoms with van der Waals surface area (Å²) >= 11 is 0. The quantitative estimate of drug-likeness (QED) is 0.783. The van der Waals surface area contributed by atoms with Crippen molar-refractivity contribution in [2.45, 2.75) is 39.3 Å². The van der Waals surface area contributed by atoms with Crippen LogP contribution in [0.25, 0.3) is 0 Å². The Morgan fingerprint density at radius 1 is 1.35 bits per heavy atom. The predicted molar refractivity (Wildman–Crippen MR) is 59.2 cm³/mol. The second kappa shape index (κ2) is 6.89. The normalized spacial score (nSPS) is 12.1. The minimum Gasteiger partial charge on any atom is -0.251 e. The zero-order valence-corrected chi connectivity index (χ0v) is 10.0. The van der Waals surface area contributed by atoms with E-state index >= 15 is 0 Å². The molecule has 0 aliphatic heterocycles. The van der Waals surface area contributed by atoms with Gasteiger partial charge in [-0.1, -0.05) is 26.8 Å². The van der Waals surface area contributed by atoms with Crippen molar-refractivity contribution in [2.24, 2.45) is 0 Å². The van der Waals surface area contributed by atoms with Crippen molar-refractivity contribution in [3.8, 4) is 6.07 Å². The molecule has 0 N–H and O–H groups in total. The van der Waals surface area contributed by atoms with Crippen LogP contribution in [0.15, 0.2) is 18.3 Å². The predicted octanol–water partition coefficient (Wildman–Crippen LogP) is 4.14. The summed E-state index contributed by atoms with van der Waals surface area (Å²) < 4.78 is 36.5. The van der Waals surface area contributed by atoms with Gasteiger partial charge >= 0.3 is 6.18 Å². The van der Waals surface area contributed by atoms with Crippen molar-refractivity contribution < 1.29 is 13.2 Å². The SMILES string of the molecule is CC.CC(CC#N)c1ccc(C(F)(F)F)nc1. The maximum Gasteiger partial charge on any atom is 0.433 e. The van der Waals surface area contributed by atoms with Crippen LogP contribution in [0.3, 0.4) is 0 Å². The van der Waals surface area contributed by atoms with Crippen LogP contribution in [0.5, 0.6) is 0 Å². The molecule has 2 nitrogen and oxygen atoms in total. The van der Waals surface area contributed by atoms with Crippen molar-refractivity contribution in [1.29, 1.82) is 5.26 Å². The fourth-order valence-corrected chi connectivity index (χ4v) is 1.12. The minimum atomic E-state index is -4.41. The summed E-state index contributed by atoms with van der Waals surface area (Å²) in [6, 6.07) is 4.25. The zero-order valence-electron chi connectivity index (χ0n) is 10.0. The Balaban J connectivity index is 0.00000121. The van der Waals surface area contributed by atoms with Gasteiger partial charge in [-0.3, -0.25) is 4.98 Å². The molecule has 0 aliphatic rings. The molecule has 1 heterocycles. The molecular weight excluding hydrogens is 229 g/mol. The maximum atomic E-state index is 12.2. The minimum absolute atomic E-state index is 0.0928. The van der Waals surface area contributed by atoms with Gasteiger partial charge in [-0.05, 0) is 17.5 Å². The van der Waals surface area contributed by atoms with Gasteiger partial charge in [-0.15, -0.1) is 0 Å². The van der Waals surface area contributed by atoms with E-state index in [0.717, 1.165) is 6.07 Å². The number of rotatable bonds is 2. The number of pyridine rings is 1. The van der Waals surface area contributed by atoms with Crippen molar-refractivity contribution in [3.05, 3.63) is 29.6 Å². The largest absolute Gasteiger partial charge is 0.433 e. The number of nitriles is 1. The highest BCUT2D eigenvalue weighted by Gasteiger charge is 2.32. The molecular formula is C12H15F3N2. The third kappa shape index (κ3) is 4.85. The van der Waals surface area contributed by atoms with Crippen LogP contribution in [-0.4, -0.2) is 4.98 Å². The van der Waals surface area contributed by atoms with Crippen LogP contribution in [0.2, 0.25) is 0 Å². The first-order valence-electron chi connectivity index (χ1n) is 5.35. The van der Waals surface area contributed by atoms with Crippen LogP contribution in [0, 0.1) is 11.3 Å². The Bertz CT molecular complexity index is 363. The lowest BCUT2D eigenvalue weighted by atomic mass is 10.0. The molecule has 0 spiro atoms. The number of hydrogen-bond acceptors (Lipinski definition) is 2. The number of aromatic nitrogens is 1. The van der Waals surface area contributed by atoms with Gasteiger partial charge in [-0.2, -0.15) is 18.4 Å². The molecule has 0 amide bonds. The maximum absolute atomic E-state index is 12.2. The van der Waals surface area contributed by atoms with Gasteiger partial charge < -0.3 is 0 Å². The van der Waals surface area contributed by atoms with Crippen LogP contribution in [-0.2, 0) is 6.18 Å². The van der Waals surface area contributed by atoms with Crippen LogP contribution >= 0.6 is 0 Å². The highest BCUT2D eigenvalue weighted by molar-refractivity contribution is 5.19. The first-order valence-corrected chi connectivity index (χ1v) is 5.35. The van der Waals surface area contributed by atoms with E-state index in [0.29, 0.717) is 5.56 Å². The van der Waals surface area contributed by atoms with Gasteiger partial charge in [0.1, 0.15) is 5.69 Å². The molecule has 17 heavy (non-hydrogen) atoms. The average Bonchev–Trinajstić information content (AvgIpc) is 2.31. The Kier molecular flexibility index (Phi) is 6.26. The topological polar surface area (TPSA) is 36.7 Å². The summed E-state index contributed by atoms with van der Waals surface area (Å²) in [4.78, 5) is 3.32. The first-order chi connectivity index (χ1) is 7.95. The summed E-state index contributed by atoms with van der Waals surface area (Å²) in [5.41, 5.74) is -0.264. The van der Waals surface area contributed by atoms with E-state index in [1.54, 1.807) is 6.92 Å². The second-order valence-electron chi connectivity index (χ2n) is 3.24. The van der Waals surface area contributed by atoms with Crippen molar-refractivity contribution in [3.63, 3.8) is 0 Å². The van der Waals surface area contributed by atoms with Crippen LogP contribution < -0.4 is 0 Å². The molecule has 1 unspecified atom stereocenters. The van der Waals surface area contributed by atoms with E-state index < -0.39 is 11.9 Å². The third-order valence-corrected chi connectivity index (χ3v) is 2.04. The van der Waals surface area contributed by atoms with Gasteiger partial charge in [0, 0.05) is 12.6 Å². The molecule has 0 fully saturated rings. The molecule has 1 atom stereocenters. The molecule has 5 heteroatoms. The van der Waals surface area contributed by atoms with Crippen molar-refractivity contribution >= 4 is 0 Å². The van der Waals surface area contributed by atoms with Crippen LogP contribution in [0.1, 0.15) is 44.4 Å². The van der Waals surface area contributed by atoms with Crippen molar-refractivity contribution in [2.75, 3.05) is 0 Å². The van der Waals surface area contributed by atoms with Gasteiger partial charge in [0.2, 0.25) is 0 Å². The second-order valence-corrected chi connectivity index (χ2v) is 3.24. The number of nitrogens with zero attached hydrogens (tertiary/aromatic N) is 2. The van der Waals surface area contributed by atoms with Gasteiger partial charge in [-0.25, -0.2) is 0 Å². The van der Waals surface area contributed by atoms with E-state index in [4.69, 9.17) is 5.26 Å². The summed E-state index contributed by atoms with van der Waals surface area (Å²) in [6.45, 7) is 5.77. The average molecular weight is 244 g/mol. The highest BCUT2D eigenvalue weighted by Crippen LogP contribution is 2.28. The smallest absolute Gasteiger partial charge is 0.251 e. The standard InChI is InChI=1S/C10H9F3N2.C2H6/c1-7(4-5-14)8-2-3-9(15-6-8)10(11,12)13;1-2/h2-3,6-7H,4H2,1H3;1-2H3. The van der Waals surface area contributed by atoms with E-state index in [1.165, 1.54) is 12.3 Å². The molecule has 0 bridgehead atoms. The first kappa shape index (κ1) is 15.4. The molecule has 1 rings (SSSR count). The van der Waals surface area contributed by atoms with E-state index in [2.05, 4.69) is 4.98 Å². The monoisotopic (exact) mass is 244 g/mol. The zero-order chi connectivity index (χ0) is 13.5. The number of hydrogen-bond donors (Lipinski definition) is 0. The molecule has 0 radical (unpaired) electrons. The Morgan fingerprint density at radius 2 is 1.94 bits per heavy atom. The summed E-state index contributed by atoms with van der Waals surface area (Å²) in [6.07, 6.45) is -2.96. The fraction of sp³-hybridized carbons (Fsp3) is 0.500. The molecule has 0 saturated heterocycles. The number of alkyl halides is 3. The molecule has 0 saturated carbocycles. The lowest BCUT2D eigenvalue weighted by molar-refractivity contribution is -0.141. The molecule has 0 aromatic carbocycles. The highest BCUT2D eigenvalue weighted by atomic mass is 19.4. The Hall–Kier alpha value is -1.57. The van der Waals surface area contributed by atoms with Gasteiger partial charge in [0.15, 0.2) is 0 Å². The summed E-state index contributed by atoms with van der Waals surface area (Å²) in [7, 11) is 0. The summed E-state index contributed by atoms with van der Waals surface area (Å²) in [5, 5.41) is 8.43. The lowest BCUT2D eigenvalue weighted by Gasteiger charge is -2.09. The van der Waals surface area contributed by atoms with E-state index in [-0.39, 0.29) is 12.3 Å². The molecule has 1 aromatic heterocycles. The van der Waals surface area contributed by atoms with Gasteiger partial charge in [0.25, 0.3) is 0 Å². The Labute approximate surface area is 99.1 Å². The molecule has 1 aromatic rings. The van der Waals surface area contributed by atoms with E-state index in [1.807, 2.05) is 19.9 Å². The fourth-order valence-electron chi connectivity index (χ4n) is 1.12. The molecule has 94 valence electrons. The van der Waals surface area contributed by atoms with Crippen LogP contribution in [0.4, 0.5) is 13.2 Å². The van der Waals surface area contributed by atoms with Crippen molar-refractivity contribution in [1.82, 2.24) is 4.98 Å². The number of halogens is 3. The Morgan fingerprint density at radius 3 is 2.29 bits per heavy atom. The summed E-state index contributed by atoms with van der Waals surface area (Å²) in [5.74, 6) is -0.0928. The van der Waals surface area contributed by atoms with E-state index in [9.17, 15) is 13.2 Å². The lowest BCUT2D eigenvalue weighted by Crippen LogP contribution is -2.08. The third-order valence-electron chi connectivity index (χ3n) is 2.04.